The van der Waals surface area contributed by atoms with Crippen molar-refractivity contribution < 1.29 is 9.13 Å². The number of halogens is 1. The van der Waals surface area contributed by atoms with Crippen molar-refractivity contribution >= 4 is 5.82 Å². The summed E-state index contributed by atoms with van der Waals surface area (Å²) in [4.78, 5) is 6.23. The second-order valence-electron chi connectivity index (χ2n) is 5.46. The second-order valence-corrected chi connectivity index (χ2v) is 5.46. The van der Waals surface area contributed by atoms with Gasteiger partial charge >= 0.3 is 0 Å². The largest absolute Gasteiger partial charge is 0.378 e. The molecule has 6 nitrogen and oxygen atoms in total. The van der Waals surface area contributed by atoms with E-state index in [9.17, 15) is 4.39 Å². The highest BCUT2D eigenvalue weighted by atomic mass is 19.1. The quantitative estimate of drug-likeness (QED) is 0.905. The number of aromatic nitrogens is 3. The van der Waals surface area contributed by atoms with Crippen molar-refractivity contribution in [1.82, 2.24) is 20.5 Å². The van der Waals surface area contributed by atoms with Crippen LogP contribution in [0.4, 0.5) is 10.2 Å². The average molecular weight is 317 g/mol. The lowest BCUT2D eigenvalue weighted by Gasteiger charge is -2.27. The van der Waals surface area contributed by atoms with E-state index in [-0.39, 0.29) is 11.9 Å². The van der Waals surface area contributed by atoms with Crippen LogP contribution in [-0.4, -0.2) is 41.5 Å². The van der Waals surface area contributed by atoms with Gasteiger partial charge in [0.05, 0.1) is 24.6 Å². The van der Waals surface area contributed by atoms with E-state index >= 15 is 0 Å². The van der Waals surface area contributed by atoms with Crippen LogP contribution in [0.5, 0.6) is 0 Å². The van der Waals surface area contributed by atoms with Gasteiger partial charge in [0.15, 0.2) is 5.82 Å². The van der Waals surface area contributed by atoms with Gasteiger partial charge in [-0.3, -0.25) is 4.98 Å². The summed E-state index contributed by atoms with van der Waals surface area (Å²) in [6.45, 7) is 5.50. The fourth-order valence-electron chi connectivity index (χ4n) is 2.48. The summed E-state index contributed by atoms with van der Waals surface area (Å²) >= 11 is 0. The van der Waals surface area contributed by atoms with Crippen LogP contribution < -0.4 is 10.2 Å². The minimum Gasteiger partial charge on any atom is -0.378 e. The van der Waals surface area contributed by atoms with Gasteiger partial charge in [0.25, 0.3) is 0 Å². The summed E-state index contributed by atoms with van der Waals surface area (Å²) in [7, 11) is 0. The highest BCUT2D eigenvalue weighted by molar-refractivity contribution is 5.37. The van der Waals surface area contributed by atoms with Gasteiger partial charge in [-0.1, -0.05) is 0 Å². The first-order chi connectivity index (χ1) is 11.2. The van der Waals surface area contributed by atoms with Gasteiger partial charge in [-0.25, -0.2) is 4.39 Å². The molecule has 1 aliphatic heterocycles. The van der Waals surface area contributed by atoms with E-state index in [1.807, 2.05) is 19.1 Å². The van der Waals surface area contributed by atoms with Gasteiger partial charge in [-0.15, -0.1) is 5.10 Å². The summed E-state index contributed by atoms with van der Waals surface area (Å²) in [5.41, 5.74) is 1.22. The molecule has 0 bridgehead atoms. The van der Waals surface area contributed by atoms with Crippen molar-refractivity contribution in [2.75, 3.05) is 31.2 Å². The summed E-state index contributed by atoms with van der Waals surface area (Å²) in [6, 6.07) is 6.70. The lowest BCUT2D eigenvalue weighted by Crippen LogP contribution is -2.36. The van der Waals surface area contributed by atoms with Gasteiger partial charge in [0.2, 0.25) is 0 Å². The Morgan fingerprint density at radius 1 is 1.26 bits per heavy atom. The summed E-state index contributed by atoms with van der Waals surface area (Å²) in [5, 5.41) is 11.7. The number of pyridine rings is 1. The first-order valence-electron chi connectivity index (χ1n) is 7.73. The van der Waals surface area contributed by atoms with Gasteiger partial charge < -0.3 is 15.0 Å². The van der Waals surface area contributed by atoms with Gasteiger partial charge in [0, 0.05) is 31.9 Å². The topological polar surface area (TPSA) is 63.2 Å². The molecule has 0 amide bonds. The van der Waals surface area contributed by atoms with Crippen LogP contribution in [0.3, 0.4) is 0 Å². The molecule has 2 aromatic heterocycles. The molecule has 1 atom stereocenters. The van der Waals surface area contributed by atoms with Gasteiger partial charge in [-0.2, -0.15) is 5.10 Å². The molecule has 1 fully saturated rings. The Morgan fingerprint density at radius 2 is 2.09 bits per heavy atom. The van der Waals surface area contributed by atoms with E-state index in [1.54, 1.807) is 12.3 Å². The third-order valence-corrected chi connectivity index (χ3v) is 3.83. The van der Waals surface area contributed by atoms with Crippen LogP contribution >= 0.6 is 0 Å². The molecule has 2 aromatic rings. The molecule has 3 rings (SSSR count). The molecule has 0 radical (unpaired) electrons. The van der Waals surface area contributed by atoms with Crippen molar-refractivity contribution in [1.29, 1.82) is 0 Å². The Kier molecular flexibility index (Phi) is 5.09. The van der Waals surface area contributed by atoms with Crippen molar-refractivity contribution in [3.05, 3.63) is 47.7 Å². The number of hydrogen-bond acceptors (Lipinski definition) is 6. The minimum absolute atomic E-state index is 0.197. The molecule has 0 saturated carbocycles. The molecule has 122 valence electrons. The smallest absolute Gasteiger partial charge is 0.151 e. The summed E-state index contributed by atoms with van der Waals surface area (Å²) in [5.74, 6) is 0.558. The monoisotopic (exact) mass is 317 g/mol. The molecule has 3 heterocycles. The Balaban J connectivity index is 1.57. The number of morpholine rings is 1. The van der Waals surface area contributed by atoms with E-state index in [1.165, 1.54) is 6.07 Å². The lowest BCUT2D eigenvalue weighted by atomic mass is 10.2. The first-order valence-corrected chi connectivity index (χ1v) is 7.73. The number of nitrogens with zero attached hydrogens (tertiary/aromatic N) is 4. The molecule has 1 N–H and O–H groups in total. The molecule has 7 heteroatoms. The molecule has 0 spiro atoms. The van der Waals surface area contributed by atoms with Crippen LogP contribution in [0.15, 0.2) is 30.5 Å². The number of ether oxygens (including phenoxy) is 1. The van der Waals surface area contributed by atoms with Crippen molar-refractivity contribution in [3.8, 4) is 0 Å². The van der Waals surface area contributed by atoms with E-state index in [2.05, 4.69) is 25.4 Å². The second kappa shape index (κ2) is 7.43. The third kappa shape index (κ3) is 4.00. The Hall–Kier alpha value is -2.12. The SMILES string of the molecule is C[C@@H](NCc1ccc(N2CCOCC2)nn1)c1ncccc1F. The molecule has 0 aliphatic carbocycles. The summed E-state index contributed by atoms with van der Waals surface area (Å²) in [6.07, 6.45) is 1.59. The number of hydrogen-bond donors (Lipinski definition) is 1. The van der Waals surface area contributed by atoms with Crippen LogP contribution in [0, 0.1) is 5.82 Å². The minimum atomic E-state index is -0.304. The van der Waals surface area contributed by atoms with Gasteiger partial charge in [0.1, 0.15) is 5.82 Å². The predicted molar refractivity (Wildman–Crippen MR) is 84.5 cm³/mol. The van der Waals surface area contributed by atoms with Crippen LogP contribution in [0.25, 0.3) is 0 Å². The first kappa shape index (κ1) is 15.8. The number of nitrogens with one attached hydrogen (secondary N) is 1. The van der Waals surface area contributed by atoms with E-state index in [0.29, 0.717) is 12.2 Å². The maximum Gasteiger partial charge on any atom is 0.151 e. The molecular formula is C16H20FN5O. The number of anilines is 1. The van der Waals surface area contributed by atoms with Gasteiger partial charge in [-0.05, 0) is 31.2 Å². The zero-order chi connectivity index (χ0) is 16.1. The molecular weight excluding hydrogens is 297 g/mol. The summed E-state index contributed by atoms with van der Waals surface area (Å²) < 4.78 is 19.0. The van der Waals surface area contributed by atoms with Crippen molar-refractivity contribution in [2.45, 2.75) is 19.5 Å². The zero-order valence-electron chi connectivity index (χ0n) is 13.1. The highest BCUT2D eigenvalue weighted by Crippen LogP contribution is 2.14. The zero-order valence-corrected chi connectivity index (χ0v) is 13.1. The Labute approximate surface area is 134 Å². The van der Waals surface area contributed by atoms with E-state index in [4.69, 9.17) is 4.74 Å². The molecule has 1 saturated heterocycles. The third-order valence-electron chi connectivity index (χ3n) is 3.83. The molecule has 23 heavy (non-hydrogen) atoms. The van der Waals surface area contributed by atoms with Crippen LogP contribution in [0.2, 0.25) is 0 Å². The maximum atomic E-state index is 13.7. The van der Waals surface area contributed by atoms with Crippen LogP contribution in [-0.2, 0) is 11.3 Å². The maximum absolute atomic E-state index is 13.7. The number of rotatable bonds is 5. The van der Waals surface area contributed by atoms with Crippen molar-refractivity contribution in [2.24, 2.45) is 0 Å². The van der Waals surface area contributed by atoms with E-state index in [0.717, 1.165) is 37.8 Å². The fourth-order valence-corrected chi connectivity index (χ4v) is 2.48. The lowest BCUT2D eigenvalue weighted by molar-refractivity contribution is 0.122. The van der Waals surface area contributed by atoms with Crippen molar-refractivity contribution in [3.63, 3.8) is 0 Å². The van der Waals surface area contributed by atoms with Crippen LogP contribution in [0.1, 0.15) is 24.4 Å². The highest BCUT2D eigenvalue weighted by Gasteiger charge is 2.14. The Morgan fingerprint density at radius 3 is 2.78 bits per heavy atom. The Bertz CT molecular complexity index is 631. The average Bonchev–Trinajstić information content (AvgIpc) is 2.61. The molecule has 0 unspecified atom stereocenters. The standard InChI is InChI=1S/C16H20FN5O/c1-12(16-14(17)3-2-6-18-16)19-11-13-4-5-15(21-20-13)22-7-9-23-10-8-22/h2-6,12,19H,7-11H2,1H3/t12-/m1/s1. The van der Waals surface area contributed by atoms with E-state index < -0.39 is 0 Å². The molecule has 0 aromatic carbocycles. The predicted octanol–water partition coefficient (Wildman–Crippen LogP) is 1.70. The normalized spacial score (nSPS) is 16.3. The molecule has 1 aliphatic rings. The fraction of sp³-hybridized carbons (Fsp3) is 0.438.